The average molecular weight is 359 g/mol. The van der Waals surface area contributed by atoms with E-state index in [4.69, 9.17) is 0 Å². The molecule has 0 N–H and O–H groups in total. The lowest BCUT2D eigenvalue weighted by Gasteiger charge is -2.03. The summed E-state index contributed by atoms with van der Waals surface area (Å²) in [5, 5.41) is 0. The molecule has 2 rings (SSSR count). The zero-order chi connectivity index (χ0) is 9.97. The first-order chi connectivity index (χ1) is 6.77. The molecule has 2 aromatic carbocycles. The Labute approximate surface area is 106 Å². The molecule has 0 heterocycles. The van der Waals surface area contributed by atoms with E-state index in [1.807, 2.05) is 0 Å². The van der Waals surface area contributed by atoms with Gasteiger partial charge in [-0.1, -0.05) is 46.3 Å². The highest BCUT2D eigenvalue weighted by atomic mass is 127. The number of benzene rings is 2. The topological polar surface area (TPSA) is 0 Å². The summed E-state index contributed by atoms with van der Waals surface area (Å²) in [6.07, 6.45) is 0. The van der Waals surface area contributed by atoms with Crippen molar-refractivity contribution in [2.24, 2.45) is 0 Å². The van der Waals surface area contributed by atoms with Crippen molar-refractivity contribution in [2.45, 2.75) is 0 Å². The van der Waals surface area contributed by atoms with Crippen molar-refractivity contribution in [3.05, 3.63) is 56.6 Å². The first-order valence-corrected chi connectivity index (χ1v) is 6.15. The molecule has 70 valence electrons. The van der Waals surface area contributed by atoms with E-state index in [0.29, 0.717) is 0 Å². The third-order valence-corrected chi connectivity index (χ3v) is 3.50. The summed E-state index contributed by atoms with van der Waals surface area (Å²) in [6, 6.07) is 16.8. The maximum atomic E-state index is 3.43. The fourth-order valence-electron chi connectivity index (χ4n) is 1.32. The van der Waals surface area contributed by atoms with Crippen molar-refractivity contribution in [2.75, 3.05) is 0 Å². The Bertz CT molecular complexity index is 434. The van der Waals surface area contributed by atoms with Crippen LogP contribution in [0.5, 0.6) is 0 Å². The van der Waals surface area contributed by atoms with Crippen molar-refractivity contribution >= 4 is 38.5 Å². The smallest absolute Gasteiger partial charge is 0.0208 e. The Morgan fingerprint density at radius 1 is 0.857 bits per heavy atom. The molecule has 0 bridgehead atoms. The van der Waals surface area contributed by atoms with Gasteiger partial charge in [-0.3, -0.25) is 0 Å². The third kappa shape index (κ3) is 2.17. The zero-order valence-electron chi connectivity index (χ0n) is 7.37. The molecule has 0 radical (unpaired) electrons. The first kappa shape index (κ1) is 10.2. The minimum Gasteiger partial charge on any atom is -0.0616 e. The van der Waals surface area contributed by atoms with Crippen molar-refractivity contribution in [3.8, 4) is 11.1 Å². The van der Waals surface area contributed by atoms with E-state index in [1.54, 1.807) is 0 Å². The minimum atomic E-state index is 1.12. The second-order valence-corrected chi connectivity index (χ2v) is 5.06. The lowest BCUT2D eigenvalue weighted by molar-refractivity contribution is 1.57. The van der Waals surface area contributed by atoms with Gasteiger partial charge in [-0.25, -0.2) is 0 Å². The van der Waals surface area contributed by atoms with E-state index in [1.165, 1.54) is 14.7 Å². The van der Waals surface area contributed by atoms with E-state index in [-0.39, 0.29) is 0 Å². The summed E-state index contributed by atoms with van der Waals surface area (Å²) >= 11 is 5.80. The zero-order valence-corrected chi connectivity index (χ0v) is 11.1. The highest BCUT2D eigenvalue weighted by Crippen LogP contribution is 2.25. The van der Waals surface area contributed by atoms with Gasteiger partial charge < -0.3 is 0 Å². The average Bonchev–Trinajstić information content (AvgIpc) is 2.20. The monoisotopic (exact) mass is 358 g/mol. The summed E-state index contributed by atoms with van der Waals surface area (Å²) < 4.78 is 2.40. The molecule has 0 aliphatic rings. The highest BCUT2D eigenvalue weighted by Gasteiger charge is 2.00. The molecule has 0 aliphatic carbocycles. The Morgan fingerprint density at radius 2 is 1.50 bits per heavy atom. The van der Waals surface area contributed by atoms with Crippen molar-refractivity contribution in [1.29, 1.82) is 0 Å². The van der Waals surface area contributed by atoms with Crippen LogP contribution in [0.15, 0.2) is 53.0 Å². The van der Waals surface area contributed by atoms with Crippen molar-refractivity contribution < 1.29 is 0 Å². The molecule has 0 spiro atoms. The Hall–Kier alpha value is -0.350. The normalized spacial score (nSPS) is 10.1. The molecule has 2 heteroatoms. The summed E-state index contributed by atoms with van der Waals surface area (Å²) in [5.74, 6) is 0. The van der Waals surface area contributed by atoms with Crippen LogP contribution in [0.1, 0.15) is 0 Å². The highest BCUT2D eigenvalue weighted by molar-refractivity contribution is 14.1. The van der Waals surface area contributed by atoms with Crippen LogP contribution < -0.4 is 0 Å². The molecule has 14 heavy (non-hydrogen) atoms. The van der Waals surface area contributed by atoms with Crippen LogP contribution in [0.2, 0.25) is 0 Å². The molecule has 0 aromatic heterocycles. The molecule has 0 fully saturated rings. The van der Waals surface area contributed by atoms with Gasteiger partial charge in [0.15, 0.2) is 0 Å². The van der Waals surface area contributed by atoms with Gasteiger partial charge in [0, 0.05) is 8.04 Å². The number of hydrogen-bond acceptors (Lipinski definition) is 0. The largest absolute Gasteiger partial charge is 0.0616 e. The second kappa shape index (κ2) is 4.45. The fourth-order valence-corrected chi connectivity index (χ4v) is 2.29. The van der Waals surface area contributed by atoms with E-state index in [9.17, 15) is 0 Å². The minimum absolute atomic E-state index is 1.12. The van der Waals surface area contributed by atoms with Crippen LogP contribution in [-0.4, -0.2) is 0 Å². The molecular weight excluding hydrogens is 351 g/mol. The summed E-state index contributed by atoms with van der Waals surface area (Å²) in [4.78, 5) is 0. The summed E-state index contributed by atoms with van der Waals surface area (Å²) in [5.41, 5.74) is 2.55. The van der Waals surface area contributed by atoms with Crippen molar-refractivity contribution in [1.82, 2.24) is 0 Å². The Kier molecular flexibility index (Phi) is 3.23. The molecule has 0 aliphatic heterocycles. The maximum Gasteiger partial charge on any atom is 0.0208 e. The third-order valence-electron chi connectivity index (χ3n) is 2.03. The molecule has 0 atom stereocenters. The quantitative estimate of drug-likeness (QED) is 0.647. The van der Waals surface area contributed by atoms with Crippen LogP contribution in [0.4, 0.5) is 0 Å². The van der Waals surface area contributed by atoms with Gasteiger partial charge in [0.05, 0.1) is 0 Å². The molecule has 0 amide bonds. The maximum absolute atomic E-state index is 3.43. The molecule has 0 unspecified atom stereocenters. The molecule has 0 saturated heterocycles. The van der Waals surface area contributed by atoms with Gasteiger partial charge in [-0.2, -0.15) is 0 Å². The Balaban J connectivity index is 2.50. The van der Waals surface area contributed by atoms with Gasteiger partial charge in [0.25, 0.3) is 0 Å². The van der Waals surface area contributed by atoms with Crippen LogP contribution in [-0.2, 0) is 0 Å². The summed E-state index contributed by atoms with van der Waals surface area (Å²) in [6.45, 7) is 0. The SMILES string of the molecule is Brc1ccc(-c2ccccc2I)cc1. The lowest BCUT2D eigenvalue weighted by Crippen LogP contribution is -1.81. The predicted molar refractivity (Wildman–Crippen MR) is 72.3 cm³/mol. The molecular formula is C12H8BrI. The van der Waals surface area contributed by atoms with Crippen LogP contribution in [0.3, 0.4) is 0 Å². The molecule has 0 saturated carbocycles. The standard InChI is InChI=1S/C12H8BrI/c13-10-7-5-9(6-8-10)11-3-1-2-4-12(11)14/h1-8H. The van der Waals surface area contributed by atoms with Gasteiger partial charge in [0.2, 0.25) is 0 Å². The summed E-state index contributed by atoms with van der Waals surface area (Å²) in [7, 11) is 0. The van der Waals surface area contributed by atoms with Crippen molar-refractivity contribution in [3.63, 3.8) is 0 Å². The predicted octanol–water partition coefficient (Wildman–Crippen LogP) is 4.72. The van der Waals surface area contributed by atoms with Crippen LogP contribution in [0, 0.1) is 3.57 Å². The van der Waals surface area contributed by atoms with Gasteiger partial charge in [-0.05, 0) is 51.9 Å². The van der Waals surface area contributed by atoms with E-state index < -0.39 is 0 Å². The van der Waals surface area contributed by atoms with Crippen LogP contribution >= 0.6 is 38.5 Å². The lowest BCUT2D eigenvalue weighted by atomic mass is 10.1. The molecule has 0 nitrogen and oxygen atoms in total. The van der Waals surface area contributed by atoms with E-state index >= 15 is 0 Å². The number of halogens is 2. The first-order valence-electron chi connectivity index (χ1n) is 4.28. The number of rotatable bonds is 1. The van der Waals surface area contributed by atoms with Gasteiger partial charge >= 0.3 is 0 Å². The van der Waals surface area contributed by atoms with Gasteiger partial charge in [-0.15, -0.1) is 0 Å². The van der Waals surface area contributed by atoms with Gasteiger partial charge in [0.1, 0.15) is 0 Å². The molecule has 2 aromatic rings. The second-order valence-electron chi connectivity index (χ2n) is 2.99. The van der Waals surface area contributed by atoms with E-state index in [0.717, 1.165) is 4.47 Å². The number of hydrogen-bond donors (Lipinski definition) is 0. The van der Waals surface area contributed by atoms with E-state index in [2.05, 4.69) is 87.1 Å². The fraction of sp³-hybridized carbons (Fsp3) is 0. The van der Waals surface area contributed by atoms with Crippen LogP contribution in [0.25, 0.3) is 11.1 Å². The Morgan fingerprint density at radius 3 is 2.14 bits per heavy atom.